The summed E-state index contributed by atoms with van der Waals surface area (Å²) < 4.78 is 5.70. The molecule has 1 aromatic carbocycles. The molecular weight excluding hydrogens is 352 g/mol. The van der Waals surface area contributed by atoms with E-state index in [0.29, 0.717) is 19.1 Å². The predicted molar refractivity (Wildman–Crippen MR) is 111 cm³/mol. The fourth-order valence-electron chi connectivity index (χ4n) is 3.96. The van der Waals surface area contributed by atoms with Gasteiger partial charge in [0, 0.05) is 19.3 Å². The molecule has 1 amide bonds. The molecule has 4 rings (SSSR count). The first-order chi connectivity index (χ1) is 13.7. The van der Waals surface area contributed by atoms with Crippen LogP contribution in [0.5, 0.6) is 0 Å². The Labute approximate surface area is 166 Å². The van der Waals surface area contributed by atoms with Gasteiger partial charge < -0.3 is 14.5 Å². The monoisotopic (exact) mass is 380 g/mol. The van der Waals surface area contributed by atoms with Crippen LogP contribution in [0.4, 0.5) is 16.2 Å². The van der Waals surface area contributed by atoms with Crippen molar-refractivity contribution in [3.05, 3.63) is 54.4 Å². The lowest BCUT2D eigenvalue weighted by Gasteiger charge is -2.37. The minimum atomic E-state index is -0.233. The summed E-state index contributed by atoms with van der Waals surface area (Å²) in [6.07, 6.45) is 3.78. The number of ether oxygens (including phenoxy) is 1. The molecule has 2 aliphatic heterocycles. The van der Waals surface area contributed by atoms with E-state index in [9.17, 15) is 4.79 Å². The van der Waals surface area contributed by atoms with E-state index in [1.165, 1.54) is 0 Å². The van der Waals surface area contributed by atoms with Crippen molar-refractivity contribution in [2.45, 2.75) is 19.4 Å². The van der Waals surface area contributed by atoms with Gasteiger partial charge in [0.25, 0.3) is 0 Å². The second-order valence-corrected chi connectivity index (χ2v) is 7.71. The minimum absolute atomic E-state index is 0.233. The van der Waals surface area contributed by atoms with Crippen molar-refractivity contribution < 1.29 is 9.53 Å². The molecule has 0 spiro atoms. The van der Waals surface area contributed by atoms with E-state index in [-0.39, 0.29) is 6.09 Å². The quantitative estimate of drug-likeness (QED) is 0.814. The zero-order valence-corrected chi connectivity index (χ0v) is 16.5. The first-order valence-electron chi connectivity index (χ1n) is 10.1. The van der Waals surface area contributed by atoms with Gasteiger partial charge in [0.1, 0.15) is 0 Å². The molecule has 1 aromatic heterocycles. The normalized spacial score (nSPS) is 18.0. The van der Waals surface area contributed by atoms with Gasteiger partial charge in [0.15, 0.2) is 0 Å². The van der Waals surface area contributed by atoms with Crippen molar-refractivity contribution in [2.24, 2.45) is 5.92 Å². The molecule has 6 nitrogen and oxygen atoms in total. The number of anilines is 2. The summed E-state index contributed by atoms with van der Waals surface area (Å²) >= 11 is 0. The number of likely N-dealkylation sites (tertiary alicyclic amines) is 1. The largest absolute Gasteiger partial charge is 0.449 e. The molecule has 0 N–H and O–H groups in total. The molecule has 6 heteroatoms. The SMILES string of the molecule is CN1CCC(COC(=O)N2CCN(Cc3ccccn3)c3ccccc32)CC1. The van der Waals surface area contributed by atoms with Gasteiger partial charge in [0.05, 0.1) is 30.2 Å². The van der Waals surface area contributed by atoms with Crippen LogP contribution in [0.2, 0.25) is 0 Å². The summed E-state index contributed by atoms with van der Waals surface area (Å²) in [4.78, 5) is 23.6. The van der Waals surface area contributed by atoms with Crippen molar-refractivity contribution in [1.82, 2.24) is 9.88 Å². The van der Waals surface area contributed by atoms with Crippen LogP contribution in [0.25, 0.3) is 0 Å². The van der Waals surface area contributed by atoms with Gasteiger partial charge >= 0.3 is 6.09 Å². The van der Waals surface area contributed by atoms with Crippen LogP contribution < -0.4 is 9.80 Å². The Morgan fingerprint density at radius 2 is 1.79 bits per heavy atom. The van der Waals surface area contributed by atoms with Gasteiger partial charge in [-0.25, -0.2) is 4.79 Å². The molecule has 0 bridgehead atoms. The minimum Gasteiger partial charge on any atom is -0.449 e. The Balaban J connectivity index is 1.42. The molecule has 3 heterocycles. The Kier molecular flexibility index (Phi) is 5.76. The molecule has 148 valence electrons. The number of carbonyl (C=O) groups is 1. The Bertz CT molecular complexity index is 790. The maximum atomic E-state index is 12.8. The van der Waals surface area contributed by atoms with Crippen LogP contribution in [0.1, 0.15) is 18.5 Å². The van der Waals surface area contributed by atoms with Crippen LogP contribution in [-0.2, 0) is 11.3 Å². The van der Waals surface area contributed by atoms with Crippen molar-refractivity contribution in [3.8, 4) is 0 Å². The lowest BCUT2D eigenvalue weighted by molar-refractivity contribution is 0.107. The zero-order chi connectivity index (χ0) is 19.3. The van der Waals surface area contributed by atoms with Gasteiger partial charge in [-0.05, 0) is 63.2 Å². The maximum Gasteiger partial charge on any atom is 0.414 e. The highest BCUT2D eigenvalue weighted by Crippen LogP contribution is 2.34. The van der Waals surface area contributed by atoms with Crippen molar-refractivity contribution >= 4 is 17.5 Å². The summed E-state index contributed by atoms with van der Waals surface area (Å²) in [6.45, 7) is 4.79. The van der Waals surface area contributed by atoms with Crippen molar-refractivity contribution in [2.75, 3.05) is 49.6 Å². The molecule has 2 aliphatic rings. The zero-order valence-electron chi connectivity index (χ0n) is 16.5. The summed E-state index contributed by atoms with van der Waals surface area (Å²) in [5.41, 5.74) is 2.99. The third kappa shape index (κ3) is 4.28. The summed E-state index contributed by atoms with van der Waals surface area (Å²) in [7, 11) is 2.14. The number of fused-ring (bicyclic) bond motifs is 1. The number of hydrogen-bond donors (Lipinski definition) is 0. The number of benzene rings is 1. The summed E-state index contributed by atoms with van der Waals surface area (Å²) in [6, 6.07) is 14.0. The molecule has 0 saturated carbocycles. The maximum absolute atomic E-state index is 12.8. The fraction of sp³-hybridized carbons (Fsp3) is 0.455. The van der Waals surface area contributed by atoms with Crippen LogP contribution >= 0.6 is 0 Å². The summed E-state index contributed by atoms with van der Waals surface area (Å²) in [5, 5.41) is 0. The molecule has 28 heavy (non-hydrogen) atoms. The van der Waals surface area contributed by atoms with E-state index in [1.807, 2.05) is 42.6 Å². The molecular formula is C22H28N4O2. The van der Waals surface area contributed by atoms with Crippen molar-refractivity contribution in [3.63, 3.8) is 0 Å². The molecule has 0 aliphatic carbocycles. The number of amides is 1. The van der Waals surface area contributed by atoms with Crippen LogP contribution in [0.15, 0.2) is 48.7 Å². The van der Waals surface area contributed by atoms with E-state index in [2.05, 4.69) is 27.9 Å². The van der Waals surface area contributed by atoms with Crippen LogP contribution in [0.3, 0.4) is 0 Å². The Morgan fingerprint density at radius 3 is 2.54 bits per heavy atom. The van der Waals surface area contributed by atoms with E-state index in [0.717, 1.165) is 56.1 Å². The fourth-order valence-corrected chi connectivity index (χ4v) is 3.96. The number of carbonyl (C=O) groups excluding carboxylic acids is 1. The summed E-state index contributed by atoms with van der Waals surface area (Å²) in [5.74, 6) is 0.473. The van der Waals surface area contributed by atoms with Gasteiger partial charge in [-0.15, -0.1) is 0 Å². The van der Waals surface area contributed by atoms with Gasteiger partial charge in [-0.2, -0.15) is 0 Å². The lowest BCUT2D eigenvalue weighted by atomic mass is 9.98. The predicted octanol–water partition coefficient (Wildman–Crippen LogP) is 3.39. The second kappa shape index (κ2) is 8.61. The van der Waals surface area contributed by atoms with Gasteiger partial charge in [0.2, 0.25) is 0 Å². The Morgan fingerprint density at radius 1 is 1.04 bits per heavy atom. The van der Waals surface area contributed by atoms with Crippen molar-refractivity contribution in [1.29, 1.82) is 0 Å². The van der Waals surface area contributed by atoms with Gasteiger partial charge in [-0.3, -0.25) is 9.88 Å². The average Bonchev–Trinajstić information content (AvgIpc) is 2.74. The standard InChI is InChI=1S/C22H28N4O2/c1-24-12-9-18(10-13-24)17-28-22(27)26-15-14-25(16-19-6-4-5-11-23-19)20-7-2-3-8-21(20)26/h2-8,11,18H,9-10,12-17H2,1H3. The number of piperidine rings is 1. The highest BCUT2D eigenvalue weighted by Gasteiger charge is 2.28. The van der Waals surface area contributed by atoms with E-state index in [1.54, 1.807) is 4.90 Å². The molecule has 0 radical (unpaired) electrons. The third-order valence-corrected chi connectivity index (χ3v) is 5.69. The first-order valence-corrected chi connectivity index (χ1v) is 10.1. The number of rotatable bonds is 4. The number of hydrogen-bond acceptors (Lipinski definition) is 5. The van der Waals surface area contributed by atoms with E-state index in [4.69, 9.17) is 4.74 Å². The van der Waals surface area contributed by atoms with E-state index < -0.39 is 0 Å². The molecule has 1 saturated heterocycles. The highest BCUT2D eigenvalue weighted by atomic mass is 16.6. The molecule has 1 fully saturated rings. The van der Waals surface area contributed by atoms with E-state index >= 15 is 0 Å². The molecule has 2 aromatic rings. The topological polar surface area (TPSA) is 48.9 Å². The van der Waals surface area contributed by atoms with Gasteiger partial charge in [-0.1, -0.05) is 18.2 Å². The number of para-hydroxylation sites is 2. The van der Waals surface area contributed by atoms with Crippen LogP contribution in [0, 0.1) is 5.92 Å². The number of pyridine rings is 1. The number of aromatic nitrogens is 1. The lowest BCUT2D eigenvalue weighted by Crippen LogP contribution is -2.44. The number of nitrogens with zero attached hydrogens (tertiary/aromatic N) is 4. The average molecular weight is 380 g/mol. The first kappa shape index (κ1) is 18.7. The van der Waals surface area contributed by atoms with Crippen LogP contribution in [-0.4, -0.2) is 55.8 Å². The highest BCUT2D eigenvalue weighted by molar-refractivity contribution is 5.93. The molecule has 0 atom stereocenters. The smallest absolute Gasteiger partial charge is 0.414 e. The molecule has 0 unspecified atom stereocenters. The Hall–Kier alpha value is -2.60. The second-order valence-electron chi connectivity index (χ2n) is 7.71. The third-order valence-electron chi connectivity index (χ3n) is 5.69.